The van der Waals surface area contributed by atoms with Crippen molar-refractivity contribution in [3.63, 3.8) is 0 Å². The van der Waals surface area contributed by atoms with E-state index in [4.69, 9.17) is 5.73 Å². The lowest BCUT2D eigenvalue weighted by molar-refractivity contribution is -0.123. The van der Waals surface area contributed by atoms with Crippen molar-refractivity contribution in [1.82, 2.24) is 15.6 Å². The van der Waals surface area contributed by atoms with E-state index in [2.05, 4.69) is 25.6 Å². The van der Waals surface area contributed by atoms with Crippen molar-refractivity contribution >= 4 is 28.3 Å². The second-order valence-electron chi connectivity index (χ2n) is 4.29. The molecule has 1 aromatic carbocycles. The summed E-state index contributed by atoms with van der Waals surface area (Å²) in [6, 6.07) is 3.25. The van der Waals surface area contributed by atoms with Gasteiger partial charge in [0.1, 0.15) is 6.04 Å². The van der Waals surface area contributed by atoms with Gasteiger partial charge in [-0.1, -0.05) is 0 Å². The number of piperidine rings is 1. The number of anilines is 2. The van der Waals surface area contributed by atoms with E-state index < -0.39 is 0 Å². The minimum absolute atomic E-state index is 0.00248. The number of rotatable bonds is 2. The van der Waals surface area contributed by atoms with Gasteiger partial charge in [0.15, 0.2) is 11.0 Å². The largest absolute Gasteiger partial charge is 0.397 e. The van der Waals surface area contributed by atoms with E-state index in [9.17, 15) is 4.79 Å². The summed E-state index contributed by atoms with van der Waals surface area (Å²) in [4.78, 5) is 11.7. The molecule has 1 aromatic heterocycles. The molecule has 1 aliphatic heterocycles. The van der Waals surface area contributed by atoms with Crippen molar-refractivity contribution in [3.05, 3.63) is 12.1 Å². The second-order valence-corrected chi connectivity index (χ2v) is 4.29. The highest BCUT2D eigenvalue weighted by Gasteiger charge is 2.23. The summed E-state index contributed by atoms with van der Waals surface area (Å²) in [6.07, 6.45) is 1.75. The van der Waals surface area contributed by atoms with Crippen molar-refractivity contribution < 1.29 is 9.42 Å². The fourth-order valence-corrected chi connectivity index (χ4v) is 2.10. The Kier molecular flexibility index (Phi) is 2.51. The summed E-state index contributed by atoms with van der Waals surface area (Å²) in [6.45, 7) is 0.736. The van der Waals surface area contributed by atoms with Crippen LogP contribution < -0.4 is 16.4 Å². The van der Waals surface area contributed by atoms with Gasteiger partial charge in [-0.25, -0.2) is 4.63 Å². The van der Waals surface area contributed by atoms with Crippen molar-refractivity contribution in [2.45, 2.75) is 18.9 Å². The molecule has 4 N–H and O–H groups in total. The van der Waals surface area contributed by atoms with Crippen LogP contribution in [-0.4, -0.2) is 28.8 Å². The maximum atomic E-state index is 11.7. The van der Waals surface area contributed by atoms with Crippen LogP contribution in [0.1, 0.15) is 12.8 Å². The Morgan fingerprint density at radius 1 is 1.39 bits per heavy atom. The highest BCUT2D eigenvalue weighted by Crippen LogP contribution is 2.26. The maximum Gasteiger partial charge on any atom is 0.242 e. The van der Waals surface area contributed by atoms with Gasteiger partial charge in [-0.05, 0) is 35.3 Å². The molecule has 0 spiro atoms. The third kappa shape index (κ3) is 1.73. The molecule has 1 saturated heterocycles. The first-order chi connectivity index (χ1) is 8.75. The van der Waals surface area contributed by atoms with Gasteiger partial charge in [-0.15, -0.1) is 0 Å². The molecule has 2 heterocycles. The fraction of sp³-hybridized carbons (Fsp3) is 0.364. The zero-order chi connectivity index (χ0) is 12.5. The average molecular weight is 247 g/mol. The van der Waals surface area contributed by atoms with Gasteiger partial charge in [0, 0.05) is 6.54 Å². The lowest BCUT2D eigenvalue weighted by Gasteiger charge is -2.23. The van der Waals surface area contributed by atoms with E-state index >= 15 is 0 Å². The Morgan fingerprint density at radius 2 is 2.22 bits per heavy atom. The normalized spacial score (nSPS) is 19.8. The van der Waals surface area contributed by atoms with Crippen LogP contribution in [-0.2, 0) is 4.79 Å². The summed E-state index contributed by atoms with van der Waals surface area (Å²) >= 11 is 0. The number of nitrogens with one attached hydrogen (secondary N) is 2. The standard InChI is InChI=1S/C11H13N5O2/c12-6-3-4-7(10-9(6)15-18-16-10)14-8-2-1-5-13-11(8)17/h3-4,8,14H,1-2,5,12H2,(H,13,17). The number of nitrogen functional groups attached to an aromatic ring is 1. The third-order valence-electron chi connectivity index (χ3n) is 3.06. The van der Waals surface area contributed by atoms with Crippen LogP contribution in [0.2, 0.25) is 0 Å². The number of carbonyl (C=O) groups is 1. The van der Waals surface area contributed by atoms with Crippen LogP contribution in [0.4, 0.5) is 11.4 Å². The number of fused-ring (bicyclic) bond motifs is 1. The molecule has 1 unspecified atom stereocenters. The number of hydrogen-bond acceptors (Lipinski definition) is 6. The topological polar surface area (TPSA) is 106 Å². The lowest BCUT2D eigenvalue weighted by atomic mass is 10.1. The summed E-state index contributed by atoms with van der Waals surface area (Å²) < 4.78 is 4.68. The molecule has 94 valence electrons. The molecule has 1 fully saturated rings. The van der Waals surface area contributed by atoms with Gasteiger partial charge in [0.2, 0.25) is 5.91 Å². The summed E-state index contributed by atoms with van der Waals surface area (Å²) in [5, 5.41) is 13.5. The number of carbonyl (C=O) groups excluding carboxylic acids is 1. The SMILES string of the molecule is Nc1ccc(NC2CCCNC2=O)c2nonc12. The Hall–Kier alpha value is -2.31. The minimum Gasteiger partial charge on any atom is -0.397 e. The van der Waals surface area contributed by atoms with Crippen LogP contribution in [0.15, 0.2) is 16.8 Å². The monoisotopic (exact) mass is 247 g/mol. The molecule has 7 heteroatoms. The number of amides is 1. The summed E-state index contributed by atoms with van der Waals surface area (Å²) in [5.41, 5.74) is 8.04. The van der Waals surface area contributed by atoms with E-state index in [0.29, 0.717) is 22.4 Å². The van der Waals surface area contributed by atoms with E-state index in [-0.39, 0.29) is 11.9 Å². The van der Waals surface area contributed by atoms with Crippen LogP contribution >= 0.6 is 0 Å². The zero-order valence-corrected chi connectivity index (χ0v) is 9.64. The number of nitrogens with zero attached hydrogens (tertiary/aromatic N) is 2. The highest BCUT2D eigenvalue weighted by molar-refractivity contribution is 5.96. The molecule has 0 radical (unpaired) electrons. The molecule has 1 aliphatic rings. The predicted molar refractivity (Wildman–Crippen MR) is 65.9 cm³/mol. The first-order valence-electron chi connectivity index (χ1n) is 5.80. The van der Waals surface area contributed by atoms with Crippen LogP contribution in [0, 0.1) is 0 Å². The van der Waals surface area contributed by atoms with Crippen LogP contribution in [0.25, 0.3) is 11.0 Å². The number of benzene rings is 1. The van der Waals surface area contributed by atoms with Gasteiger partial charge < -0.3 is 16.4 Å². The Balaban J connectivity index is 1.92. The molecule has 1 amide bonds. The quantitative estimate of drug-likeness (QED) is 0.667. The highest BCUT2D eigenvalue weighted by atomic mass is 16.6. The number of nitrogens with two attached hydrogens (primary N) is 1. The smallest absolute Gasteiger partial charge is 0.242 e. The Morgan fingerprint density at radius 3 is 3.06 bits per heavy atom. The van der Waals surface area contributed by atoms with Gasteiger partial charge in [0.25, 0.3) is 0 Å². The lowest BCUT2D eigenvalue weighted by Crippen LogP contribution is -2.44. The number of aromatic nitrogens is 2. The zero-order valence-electron chi connectivity index (χ0n) is 9.64. The van der Waals surface area contributed by atoms with E-state index in [1.54, 1.807) is 12.1 Å². The van der Waals surface area contributed by atoms with E-state index in [1.807, 2.05) is 0 Å². The first-order valence-corrected chi connectivity index (χ1v) is 5.80. The molecule has 18 heavy (non-hydrogen) atoms. The molecule has 3 rings (SSSR count). The maximum absolute atomic E-state index is 11.7. The molecular weight excluding hydrogens is 234 g/mol. The van der Waals surface area contributed by atoms with E-state index in [0.717, 1.165) is 19.4 Å². The van der Waals surface area contributed by atoms with Crippen molar-refractivity contribution in [3.8, 4) is 0 Å². The van der Waals surface area contributed by atoms with Crippen molar-refractivity contribution in [2.75, 3.05) is 17.6 Å². The molecule has 7 nitrogen and oxygen atoms in total. The predicted octanol–water partition coefficient (Wildman–Crippen LogP) is 0.495. The molecular formula is C11H13N5O2. The van der Waals surface area contributed by atoms with Gasteiger partial charge in [0.05, 0.1) is 11.4 Å². The second kappa shape index (κ2) is 4.17. The fourth-order valence-electron chi connectivity index (χ4n) is 2.10. The van der Waals surface area contributed by atoms with Crippen LogP contribution in [0.5, 0.6) is 0 Å². The van der Waals surface area contributed by atoms with Crippen molar-refractivity contribution in [2.24, 2.45) is 0 Å². The Labute approximate surface area is 103 Å². The third-order valence-corrected chi connectivity index (χ3v) is 3.06. The molecule has 2 aromatic rings. The van der Waals surface area contributed by atoms with Crippen LogP contribution in [0.3, 0.4) is 0 Å². The van der Waals surface area contributed by atoms with Gasteiger partial charge >= 0.3 is 0 Å². The number of hydrogen-bond donors (Lipinski definition) is 3. The van der Waals surface area contributed by atoms with Gasteiger partial charge in [-0.2, -0.15) is 0 Å². The summed E-state index contributed by atoms with van der Waals surface area (Å²) in [5.74, 6) is 0.00248. The first kappa shape index (κ1) is 10.8. The van der Waals surface area contributed by atoms with E-state index in [1.165, 1.54) is 0 Å². The minimum atomic E-state index is -0.248. The summed E-state index contributed by atoms with van der Waals surface area (Å²) in [7, 11) is 0. The van der Waals surface area contributed by atoms with Crippen molar-refractivity contribution in [1.29, 1.82) is 0 Å². The average Bonchev–Trinajstić information content (AvgIpc) is 2.85. The Bertz CT molecular complexity index is 594. The van der Waals surface area contributed by atoms with Gasteiger partial charge in [-0.3, -0.25) is 4.79 Å². The molecule has 0 aliphatic carbocycles. The molecule has 0 saturated carbocycles. The molecule has 1 atom stereocenters. The molecule has 0 bridgehead atoms.